The monoisotopic (exact) mass is 272 g/mol. The Morgan fingerprint density at radius 3 is 2.37 bits per heavy atom. The largest absolute Gasteiger partial charge is 0.271 e. The Balaban J connectivity index is 1.96. The van der Waals surface area contributed by atoms with Gasteiger partial charge in [-0.15, -0.1) is 0 Å². The summed E-state index contributed by atoms with van der Waals surface area (Å²) in [5.41, 5.74) is 5.10. The second-order valence-electron chi connectivity index (χ2n) is 4.12. The Labute approximate surface area is 116 Å². The highest BCUT2D eigenvalue weighted by Gasteiger charge is 2.02. The van der Waals surface area contributed by atoms with E-state index in [4.69, 9.17) is 11.6 Å². The minimum absolute atomic E-state index is 0.264. The van der Waals surface area contributed by atoms with Gasteiger partial charge in [0.25, 0.3) is 5.91 Å². The fourth-order valence-electron chi connectivity index (χ4n) is 1.48. The van der Waals surface area contributed by atoms with Crippen LogP contribution in [0.1, 0.15) is 21.5 Å². The number of hydrogen-bond acceptors (Lipinski definition) is 2. The molecule has 1 N–H and O–H groups in total. The Bertz CT molecular complexity index is 589. The molecule has 0 aliphatic carbocycles. The molecule has 0 heterocycles. The molecule has 0 radical (unpaired) electrons. The van der Waals surface area contributed by atoms with E-state index >= 15 is 0 Å². The molecule has 2 aromatic rings. The Morgan fingerprint density at radius 2 is 1.74 bits per heavy atom. The summed E-state index contributed by atoms with van der Waals surface area (Å²) in [5.74, 6) is -0.264. The van der Waals surface area contributed by atoms with Gasteiger partial charge in [-0.3, -0.25) is 4.79 Å². The van der Waals surface area contributed by atoms with E-state index in [0.717, 1.165) is 5.56 Å². The molecular weight excluding hydrogens is 260 g/mol. The van der Waals surface area contributed by atoms with Gasteiger partial charge in [-0.1, -0.05) is 41.4 Å². The number of hydrogen-bond donors (Lipinski definition) is 1. The molecule has 0 bridgehead atoms. The van der Waals surface area contributed by atoms with Crippen LogP contribution in [-0.2, 0) is 0 Å². The van der Waals surface area contributed by atoms with E-state index < -0.39 is 0 Å². The Morgan fingerprint density at radius 1 is 1.11 bits per heavy atom. The lowest BCUT2D eigenvalue weighted by Gasteiger charge is -1.99. The van der Waals surface area contributed by atoms with Crippen LogP contribution in [0.5, 0.6) is 0 Å². The normalized spacial score (nSPS) is 10.6. The number of amides is 1. The number of nitrogens with one attached hydrogen (secondary N) is 1. The summed E-state index contributed by atoms with van der Waals surface area (Å²) < 4.78 is 0. The first-order valence-electron chi connectivity index (χ1n) is 5.81. The summed E-state index contributed by atoms with van der Waals surface area (Å²) in [6, 6.07) is 14.5. The van der Waals surface area contributed by atoms with Crippen LogP contribution in [0.3, 0.4) is 0 Å². The zero-order valence-corrected chi connectivity index (χ0v) is 11.2. The van der Waals surface area contributed by atoms with Crippen LogP contribution in [-0.4, -0.2) is 12.1 Å². The van der Waals surface area contributed by atoms with Gasteiger partial charge in [0.2, 0.25) is 0 Å². The molecule has 1 amide bonds. The summed E-state index contributed by atoms with van der Waals surface area (Å²) in [6.45, 7) is 2.02. The second-order valence-corrected chi connectivity index (χ2v) is 4.55. The van der Waals surface area contributed by atoms with Crippen molar-refractivity contribution in [1.82, 2.24) is 5.43 Å². The zero-order valence-electron chi connectivity index (χ0n) is 10.4. The molecular formula is C15H13ClN2O. The summed E-state index contributed by atoms with van der Waals surface area (Å²) in [7, 11) is 0. The lowest BCUT2D eigenvalue weighted by atomic mass is 10.2. The van der Waals surface area contributed by atoms with Gasteiger partial charge in [-0.05, 0) is 36.8 Å². The maximum absolute atomic E-state index is 11.7. The average Bonchev–Trinajstić information content (AvgIpc) is 2.41. The molecule has 0 atom stereocenters. The standard InChI is InChI=1S/C15H13ClN2O/c1-11-2-4-12(5-3-11)10-17-18-15(19)13-6-8-14(16)9-7-13/h2-10H,1H3,(H,18,19). The summed E-state index contributed by atoms with van der Waals surface area (Å²) in [5, 5.41) is 4.51. The summed E-state index contributed by atoms with van der Waals surface area (Å²) in [6.07, 6.45) is 1.60. The highest BCUT2D eigenvalue weighted by Crippen LogP contribution is 2.09. The third kappa shape index (κ3) is 3.93. The number of aryl methyl sites for hydroxylation is 1. The van der Waals surface area contributed by atoms with E-state index in [9.17, 15) is 4.79 Å². The highest BCUT2D eigenvalue weighted by molar-refractivity contribution is 6.30. The molecule has 0 spiro atoms. The van der Waals surface area contributed by atoms with Crippen molar-refractivity contribution in [2.45, 2.75) is 6.92 Å². The van der Waals surface area contributed by atoms with Crippen LogP contribution in [0.4, 0.5) is 0 Å². The highest BCUT2D eigenvalue weighted by atomic mass is 35.5. The van der Waals surface area contributed by atoms with Crippen molar-refractivity contribution in [3.05, 3.63) is 70.2 Å². The number of carbonyl (C=O) groups is 1. The predicted octanol–water partition coefficient (Wildman–Crippen LogP) is 3.41. The second kappa shape index (κ2) is 6.16. The van der Waals surface area contributed by atoms with Crippen molar-refractivity contribution in [1.29, 1.82) is 0 Å². The average molecular weight is 273 g/mol. The lowest BCUT2D eigenvalue weighted by molar-refractivity contribution is 0.0955. The molecule has 2 rings (SSSR count). The predicted molar refractivity (Wildman–Crippen MR) is 77.7 cm³/mol. The van der Waals surface area contributed by atoms with Crippen molar-refractivity contribution in [2.24, 2.45) is 5.10 Å². The summed E-state index contributed by atoms with van der Waals surface area (Å²) in [4.78, 5) is 11.7. The van der Waals surface area contributed by atoms with Gasteiger partial charge in [0.05, 0.1) is 6.21 Å². The molecule has 2 aromatic carbocycles. The Kier molecular flexibility index (Phi) is 4.31. The van der Waals surface area contributed by atoms with E-state index in [1.165, 1.54) is 5.56 Å². The first kappa shape index (κ1) is 13.3. The number of halogens is 1. The van der Waals surface area contributed by atoms with Crippen LogP contribution < -0.4 is 5.43 Å². The van der Waals surface area contributed by atoms with Gasteiger partial charge < -0.3 is 0 Å². The minimum atomic E-state index is -0.264. The maximum atomic E-state index is 11.7. The topological polar surface area (TPSA) is 41.5 Å². The lowest BCUT2D eigenvalue weighted by Crippen LogP contribution is -2.17. The first-order chi connectivity index (χ1) is 9.15. The quantitative estimate of drug-likeness (QED) is 0.675. The number of nitrogens with zero attached hydrogens (tertiary/aromatic N) is 1. The number of rotatable bonds is 3. The number of benzene rings is 2. The van der Waals surface area contributed by atoms with E-state index in [1.54, 1.807) is 30.5 Å². The number of carbonyl (C=O) groups excluding carboxylic acids is 1. The molecule has 3 nitrogen and oxygen atoms in total. The van der Waals surface area contributed by atoms with Crippen LogP contribution in [0.25, 0.3) is 0 Å². The van der Waals surface area contributed by atoms with Gasteiger partial charge in [0.1, 0.15) is 0 Å². The minimum Gasteiger partial charge on any atom is -0.267 e. The van der Waals surface area contributed by atoms with Gasteiger partial charge in [0.15, 0.2) is 0 Å². The van der Waals surface area contributed by atoms with Crippen LogP contribution in [0, 0.1) is 6.92 Å². The number of hydrazone groups is 1. The van der Waals surface area contributed by atoms with Gasteiger partial charge >= 0.3 is 0 Å². The fourth-order valence-corrected chi connectivity index (χ4v) is 1.61. The molecule has 0 saturated carbocycles. The molecule has 96 valence electrons. The van der Waals surface area contributed by atoms with Crippen LogP contribution in [0.15, 0.2) is 53.6 Å². The van der Waals surface area contributed by atoms with E-state index in [1.807, 2.05) is 31.2 Å². The van der Waals surface area contributed by atoms with E-state index in [-0.39, 0.29) is 5.91 Å². The Hall–Kier alpha value is -2.13. The van der Waals surface area contributed by atoms with Crippen molar-refractivity contribution in [2.75, 3.05) is 0 Å². The van der Waals surface area contributed by atoms with Crippen molar-refractivity contribution < 1.29 is 4.79 Å². The summed E-state index contributed by atoms with van der Waals surface area (Å²) >= 11 is 5.75. The van der Waals surface area contributed by atoms with Crippen LogP contribution >= 0.6 is 11.6 Å². The first-order valence-corrected chi connectivity index (χ1v) is 6.18. The third-order valence-electron chi connectivity index (χ3n) is 2.56. The molecule has 0 aromatic heterocycles. The van der Waals surface area contributed by atoms with Crippen molar-refractivity contribution in [3.63, 3.8) is 0 Å². The van der Waals surface area contributed by atoms with Crippen molar-refractivity contribution in [3.8, 4) is 0 Å². The van der Waals surface area contributed by atoms with Gasteiger partial charge in [-0.2, -0.15) is 5.10 Å². The molecule has 0 saturated heterocycles. The molecule has 4 heteroatoms. The van der Waals surface area contributed by atoms with Gasteiger partial charge in [0, 0.05) is 10.6 Å². The van der Waals surface area contributed by atoms with Gasteiger partial charge in [-0.25, -0.2) is 5.43 Å². The van der Waals surface area contributed by atoms with Crippen LogP contribution in [0.2, 0.25) is 5.02 Å². The van der Waals surface area contributed by atoms with E-state index in [0.29, 0.717) is 10.6 Å². The molecule has 0 unspecified atom stereocenters. The smallest absolute Gasteiger partial charge is 0.267 e. The molecule has 0 aliphatic rings. The molecule has 0 aliphatic heterocycles. The van der Waals surface area contributed by atoms with Crippen molar-refractivity contribution >= 4 is 23.7 Å². The van der Waals surface area contributed by atoms with E-state index in [2.05, 4.69) is 10.5 Å². The molecule has 0 fully saturated rings. The SMILES string of the molecule is Cc1ccc(C=NNC(=O)c2ccc(Cl)cc2)cc1. The third-order valence-corrected chi connectivity index (χ3v) is 2.82. The maximum Gasteiger partial charge on any atom is 0.271 e. The molecule has 19 heavy (non-hydrogen) atoms. The fraction of sp³-hybridized carbons (Fsp3) is 0.0667. The zero-order chi connectivity index (χ0) is 13.7.